The molecule has 1 atom stereocenters. The topological polar surface area (TPSA) is 48.4 Å². The number of rotatable bonds is 4. The van der Waals surface area contributed by atoms with Gasteiger partial charge in [0.1, 0.15) is 5.75 Å². The molecule has 4 aromatic rings. The molecule has 0 N–H and O–H groups in total. The van der Waals surface area contributed by atoms with Crippen molar-refractivity contribution in [3.05, 3.63) is 95.7 Å². The van der Waals surface area contributed by atoms with Gasteiger partial charge in [-0.1, -0.05) is 67.6 Å². The van der Waals surface area contributed by atoms with E-state index in [1.165, 1.54) is 18.1 Å². The summed E-state index contributed by atoms with van der Waals surface area (Å²) in [5.74, 6) is 0.393. The van der Waals surface area contributed by atoms with E-state index in [-0.39, 0.29) is 11.4 Å². The van der Waals surface area contributed by atoms with Gasteiger partial charge in [0.05, 0.1) is 25.0 Å². The van der Waals surface area contributed by atoms with E-state index in [0.717, 1.165) is 34.4 Å². The standard InChI is InChI=1S/C27H23NO3/c1-27(17-31-24-14-19(26(29)30-2)12-13-23(24)27)15-22-21-11-7-6-10-20(21)16-28-25(22)18-8-4-3-5-9-18/h3-14,16H,15,17H2,1-2H3. The van der Waals surface area contributed by atoms with Crippen LogP contribution in [0.4, 0.5) is 0 Å². The van der Waals surface area contributed by atoms with Gasteiger partial charge < -0.3 is 9.47 Å². The van der Waals surface area contributed by atoms with Crippen LogP contribution in [-0.4, -0.2) is 24.7 Å². The molecule has 0 saturated carbocycles. The Bertz CT molecular complexity index is 1280. The molecule has 154 valence electrons. The number of esters is 1. The molecular weight excluding hydrogens is 386 g/mol. The van der Waals surface area contributed by atoms with Gasteiger partial charge in [0.2, 0.25) is 0 Å². The molecule has 0 radical (unpaired) electrons. The number of fused-ring (bicyclic) bond motifs is 2. The van der Waals surface area contributed by atoms with Gasteiger partial charge in [-0.05, 0) is 29.5 Å². The predicted octanol–water partition coefficient (Wildman–Crippen LogP) is 5.58. The average Bonchev–Trinajstić information content (AvgIpc) is 3.15. The fraction of sp³-hybridized carbons (Fsp3) is 0.185. The monoisotopic (exact) mass is 409 g/mol. The van der Waals surface area contributed by atoms with E-state index in [0.29, 0.717) is 12.2 Å². The maximum atomic E-state index is 11.9. The number of nitrogens with zero attached hydrogens (tertiary/aromatic N) is 1. The van der Waals surface area contributed by atoms with E-state index in [4.69, 9.17) is 14.5 Å². The zero-order valence-electron chi connectivity index (χ0n) is 17.6. The third kappa shape index (κ3) is 3.34. The molecule has 1 aliphatic rings. The van der Waals surface area contributed by atoms with E-state index < -0.39 is 0 Å². The molecule has 1 aromatic heterocycles. The van der Waals surface area contributed by atoms with Gasteiger partial charge in [-0.25, -0.2) is 4.79 Å². The molecule has 0 saturated heterocycles. The van der Waals surface area contributed by atoms with Crippen molar-refractivity contribution in [1.29, 1.82) is 0 Å². The number of pyridine rings is 1. The van der Waals surface area contributed by atoms with Gasteiger partial charge >= 0.3 is 5.97 Å². The first kappa shape index (κ1) is 19.3. The molecule has 3 aromatic carbocycles. The van der Waals surface area contributed by atoms with Crippen LogP contribution in [0.15, 0.2) is 79.0 Å². The molecule has 1 aliphatic heterocycles. The summed E-state index contributed by atoms with van der Waals surface area (Å²) in [5, 5.41) is 2.33. The Morgan fingerprint density at radius 2 is 1.84 bits per heavy atom. The Hall–Kier alpha value is -3.66. The van der Waals surface area contributed by atoms with E-state index >= 15 is 0 Å². The van der Waals surface area contributed by atoms with Gasteiger partial charge in [-0.2, -0.15) is 0 Å². The molecule has 0 amide bonds. The van der Waals surface area contributed by atoms with Gasteiger partial charge in [0.15, 0.2) is 0 Å². The minimum absolute atomic E-state index is 0.237. The summed E-state index contributed by atoms with van der Waals surface area (Å²) in [5.41, 5.74) is 4.68. The molecule has 0 spiro atoms. The van der Waals surface area contributed by atoms with Crippen molar-refractivity contribution in [2.75, 3.05) is 13.7 Å². The van der Waals surface area contributed by atoms with Gasteiger partial charge in [0, 0.05) is 28.1 Å². The number of carbonyl (C=O) groups excluding carboxylic acids is 1. The minimum atomic E-state index is -0.357. The zero-order valence-corrected chi connectivity index (χ0v) is 17.6. The lowest BCUT2D eigenvalue weighted by molar-refractivity contribution is 0.0600. The number of hydrogen-bond acceptors (Lipinski definition) is 4. The van der Waals surface area contributed by atoms with Crippen molar-refractivity contribution in [3.8, 4) is 17.0 Å². The maximum absolute atomic E-state index is 11.9. The maximum Gasteiger partial charge on any atom is 0.337 e. The summed E-state index contributed by atoms with van der Waals surface area (Å²) >= 11 is 0. The fourth-order valence-corrected chi connectivity index (χ4v) is 4.48. The summed E-state index contributed by atoms with van der Waals surface area (Å²) in [7, 11) is 1.39. The highest BCUT2D eigenvalue weighted by Gasteiger charge is 2.38. The van der Waals surface area contributed by atoms with Crippen LogP contribution in [0, 0.1) is 0 Å². The Balaban J connectivity index is 1.63. The first-order valence-corrected chi connectivity index (χ1v) is 10.4. The summed E-state index contributed by atoms with van der Waals surface area (Å²) in [4.78, 5) is 16.8. The SMILES string of the molecule is COC(=O)c1ccc2c(c1)OCC2(C)Cc1c(-c2ccccc2)ncc2ccccc12. The molecular formula is C27H23NO3. The van der Waals surface area contributed by atoms with Gasteiger partial charge in [-0.15, -0.1) is 0 Å². The van der Waals surface area contributed by atoms with Crippen LogP contribution < -0.4 is 4.74 Å². The number of benzene rings is 3. The van der Waals surface area contributed by atoms with Crippen molar-refractivity contribution in [2.24, 2.45) is 0 Å². The van der Waals surface area contributed by atoms with Crippen LogP contribution in [-0.2, 0) is 16.6 Å². The van der Waals surface area contributed by atoms with Gasteiger partial charge in [0.25, 0.3) is 0 Å². The second-order valence-electron chi connectivity index (χ2n) is 8.27. The smallest absolute Gasteiger partial charge is 0.337 e. The quantitative estimate of drug-likeness (QED) is 0.413. The van der Waals surface area contributed by atoms with Crippen molar-refractivity contribution in [1.82, 2.24) is 4.98 Å². The highest BCUT2D eigenvalue weighted by Crippen LogP contribution is 2.43. The third-order valence-corrected chi connectivity index (χ3v) is 6.12. The lowest BCUT2D eigenvalue weighted by atomic mass is 9.77. The highest BCUT2D eigenvalue weighted by atomic mass is 16.5. The molecule has 4 nitrogen and oxygen atoms in total. The molecule has 2 heterocycles. The van der Waals surface area contributed by atoms with Crippen LogP contribution in [0.2, 0.25) is 0 Å². The van der Waals surface area contributed by atoms with Crippen LogP contribution in [0.25, 0.3) is 22.0 Å². The second kappa shape index (κ2) is 7.55. The first-order valence-electron chi connectivity index (χ1n) is 10.4. The summed E-state index contributed by atoms with van der Waals surface area (Å²) in [6, 6.07) is 24.3. The minimum Gasteiger partial charge on any atom is -0.492 e. The summed E-state index contributed by atoms with van der Waals surface area (Å²) in [6.07, 6.45) is 2.72. The first-order chi connectivity index (χ1) is 15.1. The van der Waals surface area contributed by atoms with Crippen LogP contribution >= 0.6 is 0 Å². The third-order valence-electron chi connectivity index (χ3n) is 6.12. The average molecular weight is 409 g/mol. The molecule has 31 heavy (non-hydrogen) atoms. The number of methoxy groups -OCH3 is 1. The predicted molar refractivity (Wildman–Crippen MR) is 122 cm³/mol. The Kier molecular flexibility index (Phi) is 4.70. The second-order valence-corrected chi connectivity index (χ2v) is 8.27. The van der Waals surface area contributed by atoms with Gasteiger partial charge in [-0.3, -0.25) is 4.98 Å². The molecule has 1 unspecified atom stereocenters. The van der Waals surface area contributed by atoms with E-state index in [2.05, 4.69) is 37.3 Å². The summed E-state index contributed by atoms with van der Waals surface area (Å²) < 4.78 is 10.9. The normalized spacial score (nSPS) is 17.2. The van der Waals surface area contributed by atoms with Crippen molar-refractivity contribution < 1.29 is 14.3 Å². The van der Waals surface area contributed by atoms with Crippen LogP contribution in [0.1, 0.15) is 28.4 Å². The molecule has 0 fully saturated rings. The van der Waals surface area contributed by atoms with E-state index in [1.54, 1.807) is 6.07 Å². The molecule has 5 rings (SSSR count). The van der Waals surface area contributed by atoms with E-state index in [1.807, 2.05) is 42.6 Å². The Morgan fingerprint density at radius 3 is 2.65 bits per heavy atom. The number of hydrogen-bond donors (Lipinski definition) is 0. The number of aromatic nitrogens is 1. The molecule has 4 heteroatoms. The zero-order chi connectivity index (χ0) is 21.4. The largest absolute Gasteiger partial charge is 0.492 e. The van der Waals surface area contributed by atoms with Crippen molar-refractivity contribution >= 4 is 16.7 Å². The molecule has 0 bridgehead atoms. The Labute approximate surface area is 181 Å². The number of carbonyl (C=O) groups is 1. The highest BCUT2D eigenvalue weighted by molar-refractivity contribution is 5.91. The number of ether oxygens (including phenoxy) is 2. The van der Waals surface area contributed by atoms with Crippen LogP contribution in [0.5, 0.6) is 5.75 Å². The lowest BCUT2D eigenvalue weighted by Crippen LogP contribution is -2.27. The summed E-state index contributed by atoms with van der Waals surface area (Å²) in [6.45, 7) is 2.76. The lowest BCUT2D eigenvalue weighted by Gasteiger charge is -2.25. The van der Waals surface area contributed by atoms with Crippen molar-refractivity contribution in [3.63, 3.8) is 0 Å². The molecule has 0 aliphatic carbocycles. The van der Waals surface area contributed by atoms with E-state index in [9.17, 15) is 4.79 Å². The van der Waals surface area contributed by atoms with Crippen molar-refractivity contribution in [2.45, 2.75) is 18.8 Å². The fourth-order valence-electron chi connectivity index (χ4n) is 4.48. The van der Waals surface area contributed by atoms with Crippen LogP contribution in [0.3, 0.4) is 0 Å². The Morgan fingerprint density at radius 1 is 1.06 bits per heavy atom.